The molecule has 34 heavy (non-hydrogen) atoms. The number of sulfone groups is 1. The number of phenolic OH excluding ortho intramolecular Hbond substituents is 3. The van der Waals surface area contributed by atoms with Crippen molar-refractivity contribution in [1.82, 2.24) is 0 Å². The first kappa shape index (κ1) is 20.1. The summed E-state index contributed by atoms with van der Waals surface area (Å²) < 4.78 is 43.9. The Kier molecular flexibility index (Phi) is 5.64. The van der Waals surface area contributed by atoms with E-state index in [4.69, 9.17) is 9.82 Å². The molecule has 1 aliphatic carbocycles. The lowest BCUT2D eigenvalue weighted by Gasteiger charge is -2.10. The predicted molar refractivity (Wildman–Crippen MR) is 123 cm³/mol. The molecule has 0 amide bonds. The van der Waals surface area contributed by atoms with Crippen molar-refractivity contribution in [2.45, 2.75) is 4.90 Å². The van der Waals surface area contributed by atoms with Crippen LogP contribution in [-0.4, -0.2) is 56.4 Å². The molecule has 9 nitrogen and oxygen atoms in total. The first-order chi connectivity index (χ1) is 17.7. The van der Waals surface area contributed by atoms with Crippen molar-refractivity contribution < 1.29 is 38.1 Å². The number of carbonyl (C=O) groups is 2. The monoisotopic (exact) mass is 481 g/mol. The zero-order chi connectivity index (χ0) is 27.2. The minimum absolute atomic E-state index is 0.0502. The number of allylic oxidation sites excluding steroid dienone is 1. The second kappa shape index (κ2) is 9.53. The van der Waals surface area contributed by atoms with E-state index >= 15 is 0 Å². The third kappa shape index (κ3) is 4.78. The summed E-state index contributed by atoms with van der Waals surface area (Å²) in [6.07, 6.45) is 3.83. The first-order valence-corrected chi connectivity index (χ1v) is 11.5. The van der Waals surface area contributed by atoms with E-state index in [9.17, 15) is 18.0 Å². The topological polar surface area (TPSA) is 165 Å². The number of carbonyl (C=O) groups excluding carboxylic acids is 2. The van der Waals surface area contributed by atoms with Gasteiger partial charge in [0.05, 0.1) is 10.5 Å². The van der Waals surface area contributed by atoms with Gasteiger partial charge in [0, 0.05) is 29.0 Å². The Balaban J connectivity index is 0.000000208. The van der Waals surface area contributed by atoms with Crippen molar-refractivity contribution in [3.05, 3.63) is 94.5 Å². The number of rotatable bonds is 6. The van der Waals surface area contributed by atoms with Crippen LogP contribution in [-0.2, 0) is 9.84 Å². The molecule has 4 rings (SSSR count). The molecule has 0 heterocycles. The summed E-state index contributed by atoms with van der Waals surface area (Å²) in [5.74, 6) is -1.56. The van der Waals surface area contributed by atoms with Gasteiger partial charge in [-0.3, -0.25) is 9.59 Å². The highest BCUT2D eigenvalue weighted by molar-refractivity contribution is 7.90. The van der Waals surface area contributed by atoms with Gasteiger partial charge < -0.3 is 20.9 Å². The SMILES string of the molecule is CS(=O)(=O)c1cccc2c1C=CC(=[N+]=[N-])C2=O.[2H]Oc1ccc(C(=O)c2ccccc2)c(O[2H])c1O[2H]. The van der Waals surface area contributed by atoms with Gasteiger partial charge in [-0.25, -0.2) is 8.42 Å². The largest absolute Gasteiger partial charge is 0.504 e. The maximum atomic E-state index is 12.3. The Morgan fingerprint density at radius 3 is 2.29 bits per heavy atom. The summed E-state index contributed by atoms with van der Waals surface area (Å²) in [6.45, 7) is 0. The van der Waals surface area contributed by atoms with Gasteiger partial charge in [-0.05, 0) is 24.3 Å². The van der Waals surface area contributed by atoms with Crippen LogP contribution in [0.15, 0.2) is 71.6 Å². The molecule has 0 spiro atoms. The van der Waals surface area contributed by atoms with Crippen LogP contribution in [0.4, 0.5) is 0 Å². The predicted octanol–water partition coefficient (Wildman–Crippen LogP) is 3.00. The molecule has 1 aliphatic rings. The molecule has 10 heteroatoms. The maximum Gasteiger partial charge on any atom is 0.362 e. The minimum Gasteiger partial charge on any atom is -0.504 e. The maximum absolute atomic E-state index is 12.3. The van der Waals surface area contributed by atoms with Crippen LogP contribution in [0.3, 0.4) is 0 Å². The lowest BCUT2D eigenvalue weighted by Crippen LogP contribution is -2.19. The number of nitrogens with zero attached hydrogens (tertiary/aromatic N) is 2. The number of Topliss-reactive ketones (excluding diaryl/α,β-unsaturated/α-hetero) is 1. The van der Waals surface area contributed by atoms with Crippen molar-refractivity contribution >= 4 is 33.2 Å². The third-order valence-electron chi connectivity index (χ3n) is 4.82. The van der Waals surface area contributed by atoms with Gasteiger partial charge in [0.1, 0.15) is 0 Å². The molecule has 0 aromatic heterocycles. The number of hydrogen-bond donors (Lipinski definition) is 3. The Morgan fingerprint density at radius 1 is 0.941 bits per heavy atom. The smallest absolute Gasteiger partial charge is 0.362 e. The molecule has 0 atom stereocenters. The quantitative estimate of drug-likeness (QED) is 0.211. The van der Waals surface area contributed by atoms with Crippen molar-refractivity contribution in [2.24, 2.45) is 0 Å². The molecule has 172 valence electrons. The van der Waals surface area contributed by atoms with Gasteiger partial charge in [-0.15, -0.1) is 0 Å². The van der Waals surface area contributed by atoms with E-state index in [2.05, 4.69) is 20.1 Å². The molecule has 0 aliphatic heterocycles. The Bertz CT molecular complexity index is 1550. The summed E-state index contributed by atoms with van der Waals surface area (Å²) in [6, 6.07) is 15.5. The summed E-state index contributed by atoms with van der Waals surface area (Å²) in [4.78, 5) is 27.1. The van der Waals surface area contributed by atoms with Crippen LogP contribution in [0.2, 0.25) is 0 Å². The lowest BCUT2D eigenvalue weighted by atomic mass is 9.95. The van der Waals surface area contributed by atoms with Crippen molar-refractivity contribution in [1.29, 1.82) is 4.29 Å². The molecule has 0 unspecified atom stereocenters. The van der Waals surface area contributed by atoms with Crippen LogP contribution in [0.5, 0.6) is 17.2 Å². The summed E-state index contributed by atoms with van der Waals surface area (Å²) in [5.41, 5.74) is 9.53. The highest BCUT2D eigenvalue weighted by Crippen LogP contribution is 2.37. The van der Waals surface area contributed by atoms with Crippen molar-refractivity contribution in [3.63, 3.8) is 0 Å². The van der Waals surface area contributed by atoms with Crippen LogP contribution in [0, 0.1) is 0 Å². The van der Waals surface area contributed by atoms with E-state index in [1.165, 1.54) is 42.5 Å². The van der Waals surface area contributed by atoms with E-state index in [1.54, 1.807) is 30.3 Å². The number of benzene rings is 3. The highest BCUT2D eigenvalue weighted by atomic mass is 32.2. The number of aromatic hydroxyl groups is 3. The number of phenols is 3. The minimum atomic E-state index is -3.40. The second-order valence-corrected chi connectivity index (χ2v) is 9.09. The van der Waals surface area contributed by atoms with E-state index in [-0.39, 0.29) is 44.8 Å². The molecule has 3 aromatic rings. The average molecular weight is 482 g/mol. The zero-order valence-corrected chi connectivity index (χ0v) is 18.4. The third-order valence-corrected chi connectivity index (χ3v) is 5.97. The molecule has 0 radical (unpaired) electrons. The van der Waals surface area contributed by atoms with Gasteiger partial charge in [0.15, 0.2) is 27.1 Å². The standard InChI is InChI=1S/C13H10O4.C11H8N2O3S/c14-10-7-6-9(12(16)13(10)17)11(15)8-4-2-1-3-5-8;1-17(15,16)10-4-2-3-8-7(10)5-6-9(13-12)11(8)14/h1-7,14,16-17H;2-6H,1H3/i/hD3. The highest BCUT2D eigenvalue weighted by Gasteiger charge is 2.28. The van der Waals surface area contributed by atoms with Crippen molar-refractivity contribution in [3.8, 4) is 17.2 Å². The van der Waals surface area contributed by atoms with Gasteiger partial charge in [-0.1, -0.05) is 42.5 Å². The molecule has 0 bridgehead atoms. The lowest BCUT2D eigenvalue weighted by molar-refractivity contribution is -0.00436. The fourth-order valence-electron chi connectivity index (χ4n) is 3.16. The molecular weight excluding hydrogens is 460 g/mol. The Morgan fingerprint density at radius 2 is 1.68 bits per heavy atom. The van der Waals surface area contributed by atoms with Crippen LogP contribution < -0.4 is 0 Å². The molecular formula is C24H18N2O7S. The molecule has 3 N–H and O–H groups in total. The van der Waals surface area contributed by atoms with Crippen LogP contribution in [0.25, 0.3) is 11.6 Å². The Hall–Kier alpha value is -4.53. The van der Waals surface area contributed by atoms with Crippen LogP contribution in [0.1, 0.15) is 31.8 Å². The normalized spacial score (nSPS) is 13.1. The number of hydrogen-bond acceptors (Lipinski definition) is 7. The summed E-state index contributed by atoms with van der Waals surface area (Å²) in [7, 11) is -3.40. The van der Waals surface area contributed by atoms with Crippen LogP contribution >= 0.6 is 0 Å². The van der Waals surface area contributed by atoms with Gasteiger partial charge in [0.25, 0.3) is 10.1 Å². The van der Waals surface area contributed by atoms with E-state index in [0.29, 0.717) is 11.1 Å². The number of fused-ring (bicyclic) bond motifs is 1. The summed E-state index contributed by atoms with van der Waals surface area (Å²) in [5, 5.41) is 12.9. The first-order valence-electron chi connectivity index (χ1n) is 10.8. The molecule has 3 aromatic carbocycles. The fraction of sp³-hybridized carbons (Fsp3) is 0.0417. The molecule has 0 saturated carbocycles. The molecule has 0 fully saturated rings. The van der Waals surface area contributed by atoms with E-state index in [1.807, 2.05) is 0 Å². The average Bonchev–Trinajstić information content (AvgIpc) is 2.92. The van der Waals surface area contributed by atoms with Crippen molar-refractivity contribution in [2.75, 3.05) is 6.26 Å². The van der Waals surface area contributed by atoms with Gasteiger partial charge in [0.2, 0.25) is 5.75 Å². The Labute approximate surface area is 198 Å². The van der Waals surface area contributed by atoms with Gasteiger partial charge >= 0.3 is 5.71 Å². The molecule has 0 saturated heterocycles. The van der Waals surface area contributed by atoms with E-state index < -0.39 is 15.6 Å². The fourth-order valence-corrected chi connectivity index (χ4v) is 4.06. The summed E-state index contributed by atoms with van der Waals surface area (Å²) >= 11 is 0. The number of ketones is 2. The second-order valence-electron chi connectivity index (χ2n) is 7.10. The van der Waals surface area contributed by atoms with E-state index in [0.717, 1.165) is 6.26 Å². The zero-order valence-electron chi connectivity index (χ0n) is 20.6. The van der Waals surface area contributed by atoms with Gasteiger partial charge in [-0.2, -0.15) is 4.79 Å².